The van der Waals surface area contributed by atoms with Gasteiger partial charge >= 0.3 is 0 Å². The van der Waals surface area contributed by atoms with Crippen LogP contribution in [0.3, 0.4) is 0 Å². The van der Waals surface area contributed by atoms with Crippen LogP contribution in [-0.2, 0) is 17.9 Å². The van der Waals surface area contributed by atoms with E-state index in [4.69, 9.17) is 0 Å². The number of carbonyl (C=O) groups is 1. The number of hydrogen-bond donors (Lipinski definition) is 2. The molecule has 150 valence electrons. The zero-order chi connectivity index (χ0) is 18.2. The van der Waals surface area contributed by atoms with Gasteiger partial charge in [0.25, 0.3) is 0 Å². The highest BCUT2D eigenvalue weighted by Crippen LogP contribution is 2.23. The van der Waals surface area contributed by atoms with E-state index in [9.17, 15) is 4.79 Å². The maximum Gasteiger partial charge on any atom is 0.223 e. The Morgan fingerprint density at radius 2 is 1.81 bits per heavy atom. The number of hydrogen-bond acceptors (Lipinski definition) is 2. The number of nitrogens with zero attached hydrogens (tertiary/aromatic N) is 2. The second-order valence-electron chi connectivity index (χ2n) is 7.36. The maximum absolute atomic E-state index is 12.4. The van der Waals surface area contributed by atoms with Crippen LogP contribution in [0.1, 0.15) is 63.0 Å². The first-order chi connectivity index (χ1) is 12.8. The van der Waals surface area contributed by atoms with E-state index in [0.29, 0.717) is 19.0 Å². The molecule has 6 heteroatoms. The van der Waals surface area contributed by atoms with Crippen LogP contribution in [-0.4, -0.2) is 35.9 Å². The average Bonchev–Trinajstić information content (AvgIpc) is 3.10. The predicted molar refractivity (Wildman–Crippen MR) is 121 cm³/mol. The van der Waals surface area contributed by atoms with Crippen molar-refractivity contribution in [1.29, 1.82) is 0 Å². The minimum atomic E-state index is 0. The Hall–Kier alpha value is -1.31. The molecule has 0 aromatic heterocycles. The van der Waals surface area contributed by atoms with E-state index in [1.54, 1.807) is 0 Å². The van der Waals surface area contributed by atoms with Crippen molar-refractivity contribution in [3.63, 3.8) is 0 Å². The lowest BCUT2D eigenvalue weighted by Gasteiger charge is -2.24. The minimum absolute atomic E-state index is 0. The summed E-state index contributed by atoms with van der Waals surface area (Å²) >= 11 is 0. The number of fused-ring (bicyclic) bond motifs is 1. The normalized spacial score (nSPS) is 17.2. The number of benzene rings is 1. The Morgan fingerprint density at radius 1 is 1.15 bits per heavy atom. The number of amides is 1. The Kier molecular flexibility index (Phi) is 9.38. The molecule has 0 spiro atoms. The predicted octanol–water partition coefficient (Wildman–Crippen LogP) is 3.81. The van der Waals surface area contributed by atoms with Crippen molar-refractivity contribution >= 4 is 35.8 Å². The molecule has 1 aliphatic heterocycles. The van der Waals surface area contributed by atoms with Crippen LogP contribution >= 0.6 is 24.0 Å². The van der Waals surface area contributed by atoms with Gasteiger partial charge < -0.3 is 15.5 Å². The quantitative estimate of drug-likeness (QED) is 0.280. The lowest BCUT2D eigenvalue weighted by molar-refractivity contribution is -0.131. The van der Waals surface area contributed by atoms with E-state index in [0.717, 1.165) is 32.0 Å². The summed E-state index contributed by atoms with van der Waals surface area (Å²) in [5.41, 5.74) is 2.56. The van der Waals surface area contributed by atoms with E-state index >= 15 is 0 Å². The second-order valence-corrected chi connectivity index (χ2v) is 7.36. The first-order valence-electron chi connectivity index (χ1n) is 10.2. The van der Waals surface area contributed by atoms with Crippen LogP contribution in [0, 0.1) is 0 Å². The van der Waals surface area contributed by atoms with Gasteiger partial charge in [-0.15, -0.1) is 24.0 Å². The van der Waals surface area contributed by atoms with Crippen LogP contribution in [0.25, 0.3) is 0 Å². The van der Waals surface area contributed by atoms with Crippen LogP contribution in [0.5, 0.6) is 0 Å². The van der Waals surface area contributed by atoms with E-state index in [1.165, 1.54) is 43.2 Å². The molecule has 0 unspecified atom stereocenters. The van der Waals surface area contributed by atoms with Crippen molar-refractivity contribution in [1.82, 2.24) is 15.5 Å². The molecule has 1 aromatic rings. The monoisotopic (exact) mass is 484 g/mol. The zero-order valence-electron chi connectivity index (χ0n) is 16.4. The third-order valence-corrected chi connectivity index (χ3v) is 5.30. The van der Waals surface area contributed by atoms with Crippen LogP contribution in [0.2, 0.25) is 0 Å². The molecule has 0 atom stereocenters. The van der Waals surface area contributed by atoms with Gasteiger partial charge in [-0.2, -0.15) is 0 Å². The van der Waals surface area contributed by atoms with Crippen molar-refractivity contribution < 1.29 is 4.79 Å². The number of guanidine groups is 1. The van der Waals surface area contributed by atoms with Gasteiger partial charge in [-0.1, -0.05) is 43.5 Å². The average molecular weight is 484 g/mol. The summed E-state index contributed by atoms with van der Waals surface area (Å²) < 4.78 is 0. The van der Waals surface area contributed by atoms with E-state index in [-0.39, 0.29) is 29.9 Å². The number of halogens is 1. The van der Waals surface area contributed by atoms with Gasteiger partial charge in [0.15, 0.2) is 5.96 Å². The number of carbonyl (C=O) groups excluding carboxylic acids is 1. The third-order valence-electron chi connectivity index (χ3n) is 5.30. The summed E-state index contributed by atoms with van der Waals surface area (Å²) in [5, 5.41) is 6.88. The number of aliphatic imine (C=N–C) groups is 1. The third kappa shape index (κ3) is 6.66. The maximum atomic E-state index is 12.4. The van der Waals surface area contributed by atoms with Crippen LogP contribution < -0.4 is 10.6 Å². The van der Waals surface area contributed by atoms with Gasteiger partial charge in [0.2, 0.25) is 5.91 Å². The van der Waals surface area contributed by atoms with E-state index < -0.39 is 0 Å². The summed E-state index contributed by atoms with van der Waals surface area (Å²) in [6.07, 6.45) is 7.81. The molecule has 2 aliphatic rings. The van der Waals surface area contributed by atoms with Crippen molar-refractivity contribution in [3.8, 4) is 0 Å². The molecule has 1 aromatic carbocycles. The molecular formula is C21H33IN4O. The molecule has 1 aliphatic carbocycles. The molecule has 1 amide bonds. The topological polar surface area (TPSA) is 56.7 Å². The number of nitrogens with one attached hydrogen (secondary N) is 2. The molecule has 1 heterocycles. The molecule has 2 N–H and O–H groups in total. The van der Waals surface area contributed by atoms with Crippen LogP contribution in [0.4, 0.5) is 0 Å². The smallest absolute Gasteiger partial charge is 0.223 e. The highest BCUT2D eigenvalue weighted by atomic mass is 127. The summed E-state index contributed by atoms with van der Waals surface area (Å²) in [5.74, 6) is 1.14. The standard InChI is InChI=1S/C21H32N4O.HI/c1-2-22-21(24-19-11-4-3-5-12-19)23-14-8-13-20(26)25-15-17-9-6-7-10-18(17)16-25;/h6-7,9-10,19H,2-5,8,11-16H2,1H3,(H2,22,23,24);1H. The Labute approximate surface area is 180 Å². The Morgan fingerprint density at radius 3 is 2.44 bits per heavy atom. The van der Waals surface area contributed by atoms with Crippen molar-refractivity contribution in [2.75, 3.05) is 13.1 Å². The highest BCUT2D eigenvalue weighted by molar-refractivity contribution is 14.0. The van der Waals surface area contributed by atoms with Crippen molar-refractivity contribution in [2.24, 2.45) is 4.99 Å². The minimum Gasteiger partial charge on any atom is -0.357 e. The molecule has 1 saturated carbocycles. The fraction of sp³-hybridized carbons (Fsp3) is 0.619. The fourth-order valence-electron chi connectivity index (χ4n) is 3.85. The van der Waals surface area contributed by atoms with Crippen molar-refractivity contribution in [2.45, 2.75) is 71.0 Å². The Balaban J connectivity index is 0.00000261. The molecule has 0 radical (unpaired) electrons. The lowest BCUT2D eigenvalue weighted by Crippen LogP contribution is -2.44. The molecule has 0 saturated heterocycles. The fourth-order valence-corrected chi connectivity index (χ4v) is 3.85. The zero-order valence-corrected chi connectivity index (χ0v) is 18.7. The van der Waals surface area contributed by atoms with Gasteiger partial charge in [-0.25, -0.2) is 0 Å². The SMILES string of the molecule is CCNC(=NCCCC(=O)N1Cc2ccccc2C1)NC1CCCCC1.I. The molecule has 1 fully saturated rings. The highest BCUT2D eigenvalue weighted by Gasteiger charge is 2.22. The van der Waals surface area contributed by atoms with Gasteiger partial charge in [-0.3, -0.25) is 9.79 Å². The Bertz CT molecular complexity index is 603. The molecule has 5 nitrogen and oxygen atoms in total. The summed E-state index contributed by atoms with van der Waals surface area (Å²) in [6.45, 7) is 5.15. The van der Waals surface area contributed by atoms with Crippen LogP contribution in [0.15, 0.2) is 29.3 Å². The summed E-state index contributed by atoms with van der Waals surface area (Å²) in [4.78, 5) is 19.1. The summed E-state index contributed by atoms with van der Waals surface area (Å²) in [6, 6.07) is 8.87. The lowest BCUT2D eigenvalue weighted by atomic mass is 9.96. The largest absolute Gasteiger partial charge is 0.357 e. The second kappa shape index (κ2) is 11.5. The number of rotatable bonds is 6. The first-order valence-corrected chi connectivity index (χ1v) is 10.2. The summed E-state index contributed by atoms with van der Waals surface area (Å²) in [7, 11) is 0. The van der Waals surface area contributed by atoms with Crippen molar-refractivity contribution in [3.05, 3.63) is 35.4 Å². The molecule has 3 rings (SSSR count). The first kappa shape index (κ1) is 22.0. The van der Waals surface area contributed by atoms with Gasteiger partial charge in [0.05, 0.1) is 0 Å². The van der Waals surface area contributed by atoms with E-state index in [1.807, 2.05) is 17.0 Å². The van der Waals surface area contributed by atoms with Gasteiger partial charge in [0, 0.05) is 38.6 Å². The molecular weight excluding hydrogens is 451 g/mol. The van der Waals surface area contributed by atoms with E-state index in [2.05, 4.69) is 34.7 Å². The van der Waals surface area contributed by atoms with Gasteiger partial charge in [-0.05, 0) is 37.3 Å². The van der Waals surface area contributed by atoms with Gasteiger partial charge in [0.1, 0.15) is 0 Å². The molecule has 0 bridgehead atoms. The molecule has 27 heavy (non-hydrogen) atoms.